The third-order valence-electron chi connectivity index (χ3n) is 3.49. The maximum Gasteiger partial charge on any atom is 0.271 e. The first kappa shape index (κ1) is 18.8. The lowest BCUT2D eigenvalue weighted by molar-refractivity contribution is -0.384. The summed E-state index contributed by atoms with van der Waals surface area (Å²) >= 11 is 7.19. The number of nitro benzene ring substituents is 1. The first-order chi connectivity index (χ1) is 12.9. The number of thiophene rings is 1. The SMILES string of the molecule is O=C(Nc1ccc([N+](=O)[O-])cc1Cl)c1cc(COc2cccc(F)c2)cs1. The zero-order valence-corrected chi connectivity index (χ0v) is 15.2. The van der Waals surface area contributed by atoms with Gasteiger partial charge in [0.05, 0.1) is 20.5 Å². The van der Waals surface area contributed by atoms with Gasteiger partial charge in [0.2, 0.25) is 0 Å². The van der Waals surface area contributed by atoms with Gasteiger partial charge in [0.1, 0.15) is 18.2 Å². The summed E-state index contributed by atoms with van der Waals surface area (Å²) in [4.78, 5) is 22.9. The average Bonchev–Trinajstić information content (AvgIpc) is 3.11. The number of nitro groups is 1. The molecule has 3 rings (SSSR count). The van der Waals surface area contributed by atoms with Crippen molar-refractivity contribution >= 4 is 40.2 Å². The Balaban J connectivity index is 1.64. The molecular weight excluding hydrogens is 395 g/mol. The molecule has 0 aliphatic rings. The minimum absolute atomic E-state index is 0.0729. The summed E-state index contributed by atoms with van der Waals surface area (Å²) in [5.41, 5.74) is 0.869. The van der Waals surface area contributed by atoms with Crippen LogP contribution in [0.1, 0.15) is 15.2 Å². The maximum atomic E-state index is 13.1. The number of rotatable bonds is 6. The van der Waals surface area contributed by atoms with Crippen LogP contribution in [0.4, 0.5) is 15.8 Å². The highest BCUT2D eigenvalue weighted by molar-refractivity contribution is 7.12. The van der Waals surface area contributed by atoms with Crippen LogP contribution in [0.15, 0.2) is 53.9 Å². The third kappa shape index (κ3) is 4.81. The zero-order chi connectivity index (χ0) is 19.4. The van der Waals surface area contributed by atoms with Gasteiger partial charge in [-0.05, 0) is 29.6 Å². The Bertz CT molecular complexity index is 1010. The van der Waals surface area contributed by atoms with E-state index >= 15 is 0 Å². The number of nitrogens with one attached hydrogen (secondary N) is 1. The van der Waals surface area contributed by atoms with Gasteiger partial charge in [0.25, 0.3) is 11.6 Å². The Labute approximate surface area is 162 Å². The normalized spacial score (nSPS) is 10.4. The van der Waals surface area contributed by atoms with Crippen LogP contribution in [-0.2, 0) is 6.61 Å². The summed E-state index contributed by atoms with van der Waals surface area (Å²) in [6.45, 7) is 0.186. The van der Waals surface area contributed by atoms with Crippen molar-refractivity contribution in [3.63, 3.8) is 0 Å². The molecule has 1 amide bonds. The van der Waals surface area contributed by atoms with Gasteiger partial charge in [-0.2, -0.15) is 0 Å². The topological polar surface area (TPSA) is 81.5 Å². The lowest BCUT2D eigenvalue weighted by Crippen LogP contribution is -2.10. The number of amides is 1. The van der Waals surface area contributed by atoms with E-state index in [0.717, 1.165) is 5.56 Å². The molecule has 138 valence electrons. The number of hydrogen-bond donors (Lipinski definition) is 1. The second kappa shape index (κ2) is 8.15. The quantitative estimate of drug-likeness (QED) is 0.446. The van der Waals surface area contributed by atoms with Gasteiger partial charge < -0.3 is 10.1 Å². The van der Waals surface area contributed by atoms with Crippen molar-refractivity contribution in [1.82, 2.24) is 0 Å². The maximum absolute atomic E-state index is 13.1. The van der Waals surface area contributed by atoms with Crippen LogP contribution < -0.4 is 10.1 Å². The highest BCUT2D eigenvalue weighted by atomic mass is 35.5. The molecule has 0 fully saturated rings. The number of nitrogens with zero attached hydrogens (tertiary/aromatic N) is 1. The molecule has 0 atom stereocenters. The van der Waals surface area contributed by atoms with E-state index in [-0.39, 0.29) is 23.0 Å². The molecule has 0 bridgehead atoms. The molecule has 1 N–H and O–H groups in total. The fourth-order valence-electron chi connectivity index (χ4n) is 2.20. The lowest BCUT2D eigenvalue weighted by Gasteiger charge is -2.06. The zero-order valence-electron chi connectivity index (χ0n) is 13.6. The van der Waals surface area contributed by atoms with Gasteiger partial charge >= 0.3 is 0 Å². The van der Waals surface area contributed by atoms with E-state index in [0.29, 0.717) is 10.6 Å². The van der Waals surface area contributed by atoms with Crippen molar-refractivity contribution in [2.45, 2.75) is 6.61 Å². The van der Waals surface area contributed by atoms with Crippen molar-refractivity contribution in [3.8, 4) is 5.75 Å². The molecule has 2 aromatic carbocycles. The highest BCUT2D eigenvalue weighted by Crippen LogP contribution is 2.28. The van der Waals surface area contributed by atoms with E-state index in [1.807, 2.05) is 0 Å². The molecule has 0 saturated heterocycles. The molecule has 0 saturated carbocycles. The van der Waals surface area contributed by atoms with Crippen LogP contribution in [0.2, 0.25) is 5.02 Å². The summed E-state index contributed by atoms with van der Waals surface area (Å²) in [7, 11) is 0. The monoisotopic (exact) mass is 406 g/mol. The van der Waals surface area contributed by atoms with Crippen molar-refractivity contribution in [2.75, 3.05) is 5.32 Å². The lowest BCUT2D eigenvalue weighted by atomic mass is 10.2. The van der Waals surface area contributed by atoms with Crippen LogP contribution in [0.25, 0.3) is 0 Å². The first-order valence-corrected chi connectivity index (χ1v) is 8.89. The van der Waals surface area contributed by atoms with E-state index < -0.39 is 16.6 Å². The van der Waals surface area contributed by atoms with E-state index in [2.05, 4.69) is 5.32 Å². The van der Waals surface area contributed by atoms with Crippen LogP contribution in [0, 0.1) is 15.9 Å². The molecule has 0 aliphatic heterocycles. The molecular formula is C18H12ClFN2O4S. The van der Waals surface area contributed by atoms with Crippen molar-refractivity contribution < 1.29 is 18.8 Å². The molecule has 0 aliphatic carbocycles. The van der Waals surface area contributed by atoms with Gasteiger partial charge in [-0.15, -0.1) is 11.3 Å². The Morgan fingerprint density at radius 2 is 2.07 bits per heavy atom. The molecule has 3 aromatic rings. The number of carbonyl (C=O) groups is 1. The van der Waals surface area contributed by atoms with E-state index in [9.17, 15) is 19.3 Å². The number of carbonyl (C=O) groups excluding carboxylic acids is 1. The molecule has 0 unspecified atom stereocenters. The van der Waals surface area contributed by atoms with E-state index in [4.69, 9.17) is 16.3 Å². The van der Waals surface area contributed by atoms with Crippen molar-refractivity contribution in [2.24, 2.45) is 0 Å². The van der Waals surface area contributed by atoms with Gasteiger partial charge in [-0.25, -0.2) is 4.39 Å². The number of benzene rings is 2. The smallest absolute Gasteiger partial charge is 0.271 e. The van der Waals surface area contributed by atoms with Gasteiger partial charge in [0.15, 0.2) is 0 Å². The molecule has 27 heavy (non-hydrogen) atoms. The van der Waals surface area contributed by atoms with E-state index in [1.165, 1.54) is 41.7 Å². The summed E-state index contributed by atoms with van der Waals surface area (Å²) < 4.78 is 18.6. The van der Waals surface area contributed by atoms with Crippen molar-refractivity contribution in [1.29, 1.82) is 0 Å². The van der Waals surface area contributed by atoms with Gasteiger partial charge in [-0.3, -0.25) is 14.9 Å². The summed E-state index contributed by atoms with van der Waals surface area (Å²) in [5.74, 6) is -0.393. The molecule has 0 spiro atoms. The molecule has 0 radical (unpaired) electrons. The van der Waals surface area contributed by atoms with E-state index in [1.54, 1.807) is 23.6 Å². The average molecular weight is 407 g/mol. The fraction of sp³-hybridized carbons (Fsp3) is 0.0556. The minimum atomic E-state index is -0.568. The largest absolute Gasteiger partial charge is 0.489 e. The second-order valence-electron chi connectivity index (χ2n) is 5.44. The highest BCUT2D eigenvalue weighted by Gasteiger charge is 2.14. The predicted molar refractivity (Wildman–Crippen MR) is 101 cm³/mol. The first-order valence-electron chi connectivity index (χ1n) is 7.63. The van der Waals surface area contributed by atoms with Crippen LogP contribution in [0.5, 0.6) is 5.75 Å². The third-order valence-corrected chi connectivity index (χ3v) is 4.78. The van der Waals surface area contributed by atoms with Crippen molar-refractivity contribution in [3.05, 3.63) is 85.3 Å². The van der Waals surface area contributed by atoms with Gasteiger partial charge in [0, 0.05) is 23.8 Å². The Morgan fingerprint density at radius 3 is 2.78 bits per heavy atom. The minimum Gasteiger partial charge on any atom is -0.489 e. The number of non-ortho nitro benzene ring substituents is 1. The van der Waals surface area contributed by atoms with Gasteiger partial charge in [-0.1, -0.05) is 17.7 Å². The number of hydrogen-bond acceptors (Lipinski definition) is 5. The molecule has 6 nitrogen and oxygen atoms in total. The predicted octanol–water partition coefficient (Wildman–Crippen LogP) is 5.28. The molecule has 1 aromatic heterocycles. The Hall–Kier alpha value is -2.97. The second-order valence-corrected chi connectivity index (χ2v) is 6.76. The number of anilines is 1. The summed E-state index contributed by atoms with van der Waals surface area (Å²) in [6, 6.07) is 11.2. The summed E-state index contributed by atoms with van der Waals surface area (Å²) in [5, 5.41) is 15.2. The standard InChI is InChI=1S/C18H12ClFN2O4S/c19-15-8-13(22(24)25)4-5-16(15)21-18(23)17-6-11(10-27-17)9-26-14-3-1-2-12(20)7-14/h1-8,10H,9H2,(H,21,23). The van der Waals surface area contributed by atoms with Crippen LogP contribution in [0.3, 0.4) is 0 Å². The summed E-state index contributed by atoms with van der Waals surface area (Å²) in [6.07, 6.45) is 0. The molecule has 1 heterocycles. The number of halogens is 2. The Morgan fingerprint density at radius 1 is 1.26 bits per heavy atom. The van der Waals surface area contributed by atoms with Crippen LogP contribution in [-0.4, -0.2) is 10.8 Å². The Kier molecular flexibility index (Phi) is 5.68. The van der Waals surface area contributed by atoms with Crippen LogP contribution >= 0.6 is 22.9 Å². The fourth-order valence-corrected chi connectivity index (χ4v) is 3.21. The number of ether oxygens (including phenoxy) is 1. The molecule has 9 heteroatoms.